The molecule has 1 aromatic rings. The molecule has 0 amide bonds. The lowest BCUT2D eigenvalue weighted by Gasteiger charge is -2.19. The molecule has 0 aliphatic carbocycles. The van der Waals surface area contributed by atoms with Crippen molar-refractivity contribution in [2.45, 2.75) is 19.3 Å². The molecule has 0 atom stereocenters. The number of halogens is 2. The third kappa shape index (κ3) is 2.08. The van der Waals surface area contributed by atoms with Gasteiger partial charge in [0.15, 0.2) is 0 Å². The highest BCUT2D eigenvalue weighted by Crippen LogP contribution is 2.22. The first-order valence-electron chi connectivity index (χ1n) is 3.61. The highest BCUT2D eigenvalue weighted by atomic mass is 35.5. The Bertz CT molecular complexity index is 274. The summed E-state index contributed by atoms with van der Waals surface area (Å²) < 4.78 is 0. The topological polar surface area (TPSA) is 25.8 Å². The molecule has 0 aliphatic heterocycles. The SMILES string of the molecule is CC(C)(CCl)c1ccnc(Cl)n1. The zero-order valence-electron chi connectivity index (χ0n) is 7.01. The third-order valence-corrected chi connectivity index (χ3v) is 2.50. The highest BCUT2D eigenvalue weighted by Gasteiger charge is 2.20. The predicted octanol–water partition coefficient (Wildman–Crippen LogP) is 2.65. The fraction of sp³-hybridized carbons (Fsp3) is 0.500. The van der Waals surface area contributed by atoms with Crippen LogP contribution in [0.2, 0.25) is 5.28 Å². The molecule has 0 radical (unpaired) electrons. The van der Waals surface area contributed by atoms with Gasteiger partial charge in [0.25, 0.3) is 0 Å². The maximum Gasteiger partial charge on any atom is 0.222 e. The van der Waals surface area contributed by atoms with Gasteiger partial charge < -0.3 is 0 Å². The Morgan fingerprint density at radius 2 is 2.17 bits per heavy atom. The minimum atomic E-state index is -0.145. The van der Waals surface area contributed by atoms with Gasteiger partial charge in [0, 0.05) is 17.5 Å². The Hall–Kier alpha value is -0.340. The molecule has 0 fully saturated rings. The van der Waals surface area contributed by atoms with E-state index in [0.29, 0.717) is 5.88 Å². The summed E-state index contributed by atoms with van der Waals surface area (Å²) >= 11 is 11.4. The molecule has 1 rings (SSSR count). The van der Waals surface area contributed by atoms with E-state index in [1.54, 1.807) is 6.20 Å². The standard InChI is InChI=1S/C8H10Cl2N2/c1-8(2,5-9)6-3-4-11-7(10)12-6/h3-4H,5H2,1-2H3. The number of rotatable bonds is 2. The van der Waals surface area contributed by atoms with Crippen molar-refractivity contribution >= 4 is 23.2 Å². The van der Waals surface area contributed by atoms with E-state index in [1.807, 2.05) is 19.9 Å². The van der Waals surface area contributed by atoms with Gasteiger partial charge in [-0.2, -0.15) is 0 Å². The summed E-state index contributed by atoms with van der Waals surface area (Å²) in [7, 11) is 0. The first kappa shape index (κ1) is 9.75. The normalized spacial score (nSPS) is 11.7. The second kappa shape index (κ2) is 3.58. The maximum absolute atomic E-state index is 5.78. The van der Waals surface area contributed by atoms with Crippen molar-refractivity contribution < 1.29 is 0 Å². The number of hydrogen-bond acceptors (Lipinski definition) is 2. The summed E-state index contributed by atoms with van der Waals surface area (Å²) in [6, 6.07) is 1.83. The van der Waals surface area contributed by atoms with Crippen molar-refractivity contribution in [3.8, 4) is 0 Å². The molecule has 0 spiro atoms. The molecule has 0 saturated carbocycles. The molecule has 0 saturated heterocycles. The Morgan fingerprint density at radius 1 is 1.50 bits per heavy atom. The molecule has 1 aromatic heterocycles. The van der Waals surface area contributed by atoms with Gasteiger partial charge in [0.1, 0.15) is 0 Å². The molecule has 0 aliphatic rings. The molecule has 12 heavy (non-hydrogen) atoms. The van der Waals surface area contributed by atoms with E-state index < -0.39 is 0 Å². The maximum atomic E-state index is 5.78. The lowest BCUT2D eigenvalue weighted by Crippen LogP contribution is -2.20. The molecule has 0 N–H and O–H groups in total. The minimum Gasteiger partial charge on any atom is -0.227 e. The quantitative estimate of drug-likeness (QED) is 0.547. The lowest BCUT2D eigenvalue weighted by molar-refractivity contribution is 0.574. The van der Waals surface area contributed by atoms with Crippen molar-refractivity contribution in [1.29, 1.82) is 0 Å². The Kier molecular flexibility index (Phi) is 2.91. The van der Waals surface area contributed by atoms with Crippen molar-refractivity contribution in [2.24, 2.45) is 0 Å². The number of alkyl halides is 1. The Balaban J connectivity index is 3.03. The van der Waals surface area contributed by atoms with Crippen LogP contribution < -0.4 is 0 Å². The monoisotopic (exact) mass is 204 g/mol. The molecule has 2 nitrogen and oxygen atoms in total. The van der Waals surface area contributed by atoms with Crippen molar-refractivity contribution in [3.63, 3.8) is 0 Å². The molecule has 0 bridgehead atoms. The second-order valence-electron chi connectivity index (χ2n) is 3.23. The van der Waals surface area contributed by atoms with Gasteiger partial charge in [0.2, 0.25) is 5.28 Å². The summed E-state index contributed by atoms with van der Waals surface area (Å²) in [6.45, 7) is 4.03. The van der Waals surface area contributed by atoms with E-state index in [9.17, 15) is 0 Å². The fourth-order valence-electron chi connectivity index (χ4n) is 0.780. The van der Waals surface area contributed by atoms with Crippen molar-refractivity contribution in [3.05, 3.63) is 23.2 Å². The summed E-state index contributed by atoms with van der Waals surface area (Å²) in [5.74, 6) is 0.514. The van der Waals surface area contributed by atoms with E-state index in [4.69, 9.17) is 23.2 Å². The van der Waals surface area contributed by atoms with Crippen LogP contribution in [0.5, 0.6) is 0 Å². The van der Waals surface area contributed by atoms with Gasteiger partial charge >= 0.3 is 0 Å². The van der Waals surface area contributed by atoms with Gasteiger partial charge in [0.05, 0.1) is 5.69 Å². The van der Waals surface area contributed by atoms with Gasteiger partial charge in [-0.1, -0.05) is 13.8 Å². The van der Waals surface area contributed by atoms with Crippen molar-refractivity contribution in [2.75, 3.05) is 5.88 Å². The minimum absolute atomic E-state index is 0.145. The van der Waals surface area contributed by atoms with Crippen LogP contribution in [0.3, 0.4) is 0 Å². The van der Waals surface area contributed by atoms with E-state index in [1.165, 1.54) is 0 Å². The van der Waals surface area contributed by atoms with Crippen LogP contribution in [0.1, 0.15) is 19.5 Å². The summed E-state index contributed by atoms with van der Waals surface area (Å²) in [4.78, 5) is 7.88. The number of hydrogen-bond donors (Lipinski definition) is 0. The van der Waals surface area contributed by atoms with Crippen LogP contribution >= 0.6 is 23.2 Å². The Morgan fingerprint density at radius 3 is 2.67 bits per heavy atom. The largest absolute Gasteiger partial charge is 0.227 e. The molecule has 66 valence electrons. The van der Waals surface area contributed by atoms with E-state index in [2.05, 4.69) is 9.97 Å². The van der Waals surface area contributed by atoms with Crippen molar-refractivity contribution in [1.82, 2.24) is 9.97 Å². The predicted molar refractivity (Wildman–Crippen MR) is 50.8 cm³/mol. The molecular formula is C8H10Cl2N2. The van der Waals surface area contributed by atoms with E-state index in [0.717, 1.165) is 5.69 Å². The molecular weight excluding hydrogens is 195 g/mol. The van der Waals surface area contributed by atoms with Gasteiger partial charge in [-0.25, -0.2) is 9.97 Å². The smallest absolute Gasteiger partial charge is 0.222 e. The second-order valence-corrected chi connectivity index (χ2v) is 3.83. The number of nitrogens with zero attached hydrogens (tertiary/aromatic N) is 2. The highest BCUT2D eigenvalue weighted by molar-refractivity contribution is 6.28. The van der Waals surface area contributed by atoms with Crippen LogP contribution in [0, 0.1) is 0 Å². The van der Waals surface area contributed by atoms with Gasteiger partial charge in [-0.05, 0) is 17.7 Å². The Labute approximate surface area is 81.9 Å². The van der Waals surface area contributed by atoms with E-state index in [-0.39, 0.29) is 10.7 Å². The van der Waals surface area contributed by atoms with Crippen LogP contribution in [0.4, 0.5) is 0 Å². The molecule has 4 heteroatoms. The molecule has 0 aromatic carbocycles. The average molecular weight is 205 g/mol. The summed E-state index contributed by atoms with van der Waals surface area (Å²) in [5.41, 5.74) is 0.728. The van der Waals surface area contributed by atoms with Gasteiger partial charge in [-0.15, -0.1) is 11.6 Å². The van der Waals surface area contributed by atoms with E-state index >= 15 is 0 Å². The molecule has 0 unspecified atom stereocenters. The summed E-state index contributed by atoms with van der Waals surface area (Å²) in [5, 5.41) is 0.269. The zero-order chi connectivity index (χ0) is 9.19. The zero-order valence-corrected chi connectivity index (χ0v) is 8.52. The summed E-state index contributed by atoms with van der Waals surface area (Å²) in [6.07, 6.45) is 1.64. The van der Waals surface area contributed by atoms with Gasteiger partial charge in [-0.3, -0.25) is 0 Å². The van der Waals surface area contributed by atoms with Crippen LogP contribution in [0.15, 0.2) is 12.3 Å². The van der Waals surface area contributed by atoms with Crippen LogP contribution in [-0.2, 0) is 5.41 Å². The first-order chi connectivity index (χ1) is 5.56. The third-order valence-electron chi connectivity index (χ3n) is 1.65. The number of aromatic nitrogens is 2. The van der Waals surface area contributed by atoms with Crippen LogP contribution in [0.25, 0.3) is 0 Å². The fourth-order valence-corrected chi connectivity index (χ4v) is 1.06. The average Bonchev–Trinajstić information content (AvgIpc) is 2.05. The molecule has 1 heterocycles. The lowest BCUT2D eigenvalue weighted by atomic mass is 9.92. The first-order valence-corrected chi connectivity index (χ1v) is 4.52. The van der Waals surface area contributed by atoms with Crippen LogP contribution in [-0.4, -0.2) is 15.8 Å².